The summed E-state index contributed by atoms with van der Waals surface area (Å²) in [6.45, 7) is 5.29. The molecule has 0 fully saturated rings. The molecule has 0 aliphatic carbocycles. The fourth-order valence-corrected chi connectivity index (χ4v) is 1.44. The van der Waals surface area contributed by atoms with E-state index in [0.29, 0.717) is 11.8 Å². The maximum atomic E-state index is 4.00. The molecule has 2 N–H and O–H groups in total. The predicted octanol–water partition coefficient (Wildman–Crippen LogP) is 0.549. The van der Waals surface area contributed by atoms with E-state index in [1.54, 1.807) is 0 Å². The molecular formula is C8H17N5. The van der Waals surface area contributed by atoms with Crippen LogP contribution in [0.5, 0.6) is 0 Å². The summed E-state index contributed by atoms with van der Waals surface area (Å²) in [5.74, 6) is 1.82. The zero-order chi connectivity index (χ0) is 9.68. The molecular weight excluding hydrogens is 166 g/mol. The lowest BCUT2D eigenvalue weighted by Crippen LogP contribution is -2.19. The standard InChI is InChI=1S/C8H17N5/c1-6(2)4-7(5-9-3)8-10-12-13-11-8/h6-7,9H,4-5H2,1-3H3,(H,10,11,12,13). The molecule has 1 heterocycles. The van der Waals surface area contributed by atoms with Gasteiger partial charge in [-0.05, 0) is 19.4 Å². The first-order chi connectivity index (χ1) is 6.24. The molecule has 1 unspecified atom stereocenters. The molecule has 0 bridgehead atoms. The Morgan fingerprint density at radius 3 is 2.69 bits per heavy atom. The summed E-state index contributed by atoms with van der Waals surface area (Å²) in [4.78, 5) is 0. The first-order valence-electron chi connectivity index (χ1n) is 4.62. The number of aromatic amines is 1. The zero-order valence-electron chi connectivity index (χ0n) is 8.41. The van der Waals surface area contributed by atoms with Crippen molar-refractivity contribution in [3.05, 3.63) is 5.82 Å². The second-order valence-electron chi connectivity index (χ2n) is 3.65. The molecule has 1 aromatic heterocycles. The maximum absolute atomic E-state index is 4.00. The maximum Gasteiger partial charge on any atom is 0.178 e. The van der Waals surface area contributed by atoms with Gasteiger partial charge in [0.1, 0.15) is 0 Å². The Labute approximate surface area is 78.3 Å². The fraction of sp³-hybridized carbons (Fsp3) is 0.875. The normalized spacial score (nSPS) is 13.5. The van der Waals surface area contributed by atoms with Crippen molar-refractivity contribution in [1.82, 2.24) is 25.9 Å². The smallest absolute Gasteiger partial charge is 0.178 e. The highest BCUT2D eigenvalue weighted by atomic mass is 15.5. The number of tetrazole rings is 1. The molecule has 0 saturated heterocycles. The Bertz CT molecular complexity index is 218. The van der Waals surface area contributed by atoms with E-state index in [9.17, 15) is 0 Å². The number of aromatic nitrogens is 4. The molecule has 13 heavy (non-hydrogen) atoms. The Morgan fingerprint density at radius 2 is 2.23 bits per heavy atom. The molecule has 0 saturated carbocycles. The van der Waals surface area contributed by atoms with E-state index in [1.165, 1.54) is 0 Å². The molecule has 1 atom stereocenters. The van der Waals surface area contributed by atoms with Crippen LogP contribution in [0.3, 0.4) is 0 Å². The molecule has 0 aliphatic heterocycles. The average Bonchev–Trinajstić information content (AvgIpc) is 2.54. The molecule has 0 aliphatic rings. The minimum absolute atomic E-state index is 0.365. The molecule has 74 valence electrons. The number of hydrogen-bond donors (Lipinski definition) is 2. The number of hydrogen-bond acceptors (Lipinski definition) is 4. The predicted molar refractivity (Wildman–Crippen MR) is 50.3 cm³/mol. The lowest BCUT2D eigenvalue weighted by atomic mass is 9.96. The van der Waals surface area contributed by atoms with Crippen LogP contribution in [0.1, 0.15) is 32.0 Å². The topological polar surface area (TPSA) is 66.5 Å². The van der Waals surface area contributed by atoms with Gasteiger partial charge in [-0.1, -0.05) is 19.1 Å². The zero-order valence-corrected chi connectivity index (χ0v) is 8.41. The molecule has 0 amide bonds. The van der Waals surface area contributed by atoms with Crippen molar-refractivity contribution in [3.8, 4) is 0 Å². The van der Waals surface area contributed by atoms with Crippen LogP contribution in [0.2, 0.25) is 0 Å². The van der Waals surface area contributed by atoms with Crippen molar-refractivity contribution < 1.29 is 0 Å². The lowest BCUT2D eigenvalue weighted by molar-refractivity contribution is 0.468. The largest absolute Gasteiger partial charge is 0.319 e. The fourth-order valence-electron chi connectivity index (χ4n) is 1.44. The third-order valence-electron chi connectivity index (χ3n) is 1.93. The molecule has 1 rings (SSSR count). The number of likely N-dealkylation sites (N-methyl/N-ethyl adjacent to an activating group) is 1. The molecule has 0 radical (unpaired) electrons. The van der Waals surface area contributed by atoms with Gasteiger partial charge in [0, 0.05) is 12.5 Å². The summed E-state index contributed by atoms with van der Waals surface area (Å²) in [5, 5.41) is 17.2. The molecule has 0 spiro atoms. The Hall–Kier alpha value is -0.970. The van der Waals surface area contributed by atoms with Gasteiger partial charge in [0.15, 0.2) is 5.82 Å². The van der Waals surface area contributed by atoms with E-state index in [1.807, 2.05) is 7.05 Å². The van der Waals surface area contributed by atoms with Crippen molar-refractivity contribution in [2.24, 2.45) is 5.92 Å². The summed E-state index contributed by atoms with van der Waals surface area (Å²) >= 11 is 0. The van der Waals surface area contributed by atoms with Crippen molar-refractivity contribution in [1.29, 1.82) is 0 Å². The van der Waals surface area contributed by atoms with Crippen LogP contribution in [-0.2, 0) is 0 Å². The highest BCUT2D eigenvalue weighted by molar-refractivity contribution is 4.92. The van der Waals surface area contributed by atoms with Crippen molar-refractivity contribution >= 4 is 0 Å². The molecule has 5 heteroatoms. The number of rotatable bonds is 5. The van der Waals surface area contributed by atoms with Crippen molar-refractivity contribution in [2.45, 2.75) is 26.2 Å². The van der Waals surface area contributed by atoms with Crippen LogP contribution in [0.15, 0.2) is 0 Å². The van der Waals surface area contributed by atoms with Crippen LogP contribution >= 0.6 is 0 Å². The Balaban J connectivity index is 2.57. The number of nitrogens with one attached hydrogen (secondary N) is 2. The van der Waals surface area contributed by atoms with Crippen LogP contribution in [-0.4, -0.2) is 34.2 Å². The quantitative estimate of drug-likeness (QED) is 0.699. The van der Waals surface area contributed by atoms with Crippen LogP contribution in [0, 0.1) is 5.92 Å². The van der Waals surface area contributed by atoms with Crippen LogP contribution in [0.4, 0.5) is 0 Å². The minimum Gasteiger partial charge on any atom is -0.319 e. The lowest BCUT2D eigenvalue weighted by Gasteiger charge is -2.14. The van der Waals surface area contributed by atoms with E-state index in [-0.39, 0.29) is 0 Å². The Kier molecular flexibility index (Phi) is 3.82. The number of nitrogens with zero attached hydrogens (tertiary/aromatic N) is 3. The average molecular weight is 183 g/mol. The second kappa shape index (κ2) is 4.91. The summed E-state index contributed by atoms with van der Waals surface area (Å²) < 4.78 is 0. The SMILES string of the molecule is CNCC(CC(C)C)c1nn[nH]n1. The molecule has 5 nitrogen and oxygen atoms in total. The monoisotopic (exact) mass is 183 g/mol. The summed E-state index contributed by atoms with van der Waals surface area (Å²) in [5.41, 5.74) is 0. The van der Waals surface area contributed by atoms with E-state index in [0.717, 1.165) is 18.8 Å². The van der Waals surface area contributed by atoms with Crippen LogP contribution < -0.4 is 5.32 Å². The van der Waals surface area contributed by atoms with Gasteiger partial charge in [-0.2, -0.15) is 5.21 Å². The summed E-state index contributed by atoms with van der Waals surface area (Å²) in [6, 6.07) is 0. The van der Waals surface area contributed by atoms with Crippen molar-refractivity contribution in [3.63, 3.8) is 0 Å². The van der Waals surface area contributed by atoms with E-state index >= 15 is 0 Å². The first kappa shape index (κ1) is 10.1. The second-order valence-corrected chi connectivity index (χ2v) is 3.65. The highest BCUT2D eigenvalue weighted by Gasteiger charge is 2.16. The van der Waals surface area contributed by atoms with Gasteiger partial charge in [0.25, 0.3) is 0 Å². The Morgan fingerprint density at radius 1 is 1.46 bits per heavy atom. The summed E-state index contributed by atoms with van der Waals surface area (Å²) in [6.07, 6.45) is 1.08. The molecule has 0 aromatic carbocycles. The number of H-pyrrole nitrogens is 1. The van der Waals surface area contributed by atoms with Gasteiger partial charge in [-0.15, -0.1) is 10.2 Å². The van der Waals surface area contributed by atoms with Gasteiger partial charge < -0.3 is 5.32 Å². The van der Waals surface area contributed by atoms with E-state index < -0.39 is 0 Å². The van der Waals surface area contributed by atoms with Gasteiger partial charge in [0.05, 0.1) is 0 Å². The highest BCUT2D eigenvalue weighted by Crippen LogP contribution is 2.18. The van der Waals surface area contributed by atoms with E-state index in [4.69, 9.17) is 0 Å². The summed E-state index contributed by atoms with van der Waals surface area (Å²) in [7, 11) is 1.94. The van der Waals surface area contributed by atoms with Crippen molar-refractivity contribution in [2.75, 3.05) is 13.6 Å². The molecule has 1 aromatic rings. The first-order valence-corrected chi connectivity index (χ1v) is 4.62. The van der Waals surface area contributed by atoms with Gasteiger partial charge in [-0.3, -0.25) is 0 Å². The van der Waals surface area contributed by atoms with Crippen LogP contribution in [0.25, 0.3) is 0 Å². The minimum atomic E-state index is 0.365. The third-order valence-corrected chi connectivity index (χ3v) is 1.93. The van der Waals surface area contributed by atoms with Gasteiger partial charge in [0.2, 0.25) is 0 Å². The third kappa shape index (κ3) is 3.10. The van der Waals surface area contributed by atoms with E-state index in [2.05, 4.69) is 39.8 Å². The van der Waals surface area contributed by atoms with Gasteiger partial charge >= 0.3 is 0 Å². The van der Waals surface area contributed by atoms with Gasteiger partial charge in [-0.25, -0.2) is 0 Å².